The molecule has 0 amide bonds. The number of nitrogens with zero attached hydrogens (tertiary/aromatic N) is 1. The molecule has 0 atom stereocenters. The highest BCUT2D eigenvalue weighted by Gasteiger charge is 2.19. The van der Waals surface area contributed by atoms with Gasteiger partial charge in [0, 0.05) is 5.69 Å². The molecule has 3 heteroatoms. The van der Waals surface area contributed by atoms with Crippen molar-refractivity contribution in [3.8, 4) is 0 Å². The molecule has 0 saturated heterocycles. The molecule has 0 aliphatic rings. The van der Waals surface area contributed by atoms with E-state index in [1.165, 1.54) is 5.69 Å². The van der Waals surface area contributed by atoms with Crippen LogP contribution in [0.3, 0.4) is 0 Å². The first kappa shape index (κ1) is 10.0. The van der Waals surface area contributed by atoms with E-state index < -0.39 is 0 Å². The highest BCUT2D eigenvalue weighted by atomic mass is 127. The molecule has 0 unspecified atom stereocenters. The molecule has 0 aliphatic carbocycles. The van der Waals surface area contributed by atoms with Crippen LogP contribution in [0, 0.1) is 0 Å². The van der Waals surface area contributed by atoms with Gasteiger partial charge < -0.3 is 0 Å². The number of hydrogen-bond acceptors (Lipinski definition) is 1. The van der Waals surface area contributed by atoms with Crippen molar-refractivity contribution in [2.75, 3.05) is 0 Å². The predicted molar refractivity (Wildman–Crippen MR) is 59.7 cm³/mol. The van der Waals surface area contributed by atoms with Crippen molar-refractivity contribution in [1.82, 2.24) is 10.2 Å². The summed E-state index contributed by atoms with van der Waals surface area (Å²) >= 11 is 2.40. The lowest BCUT2D eigenvalue weighted by Gasteiger charge is -2.11. The highest BCUT2D eigenvalue weighted by molar-refractivity contribution is 14.1. The SMILES string of the molecule is CC(C)c1cc(C(C)(C)I)n[nH]1. The van der Waals surface area contributed by atoms with Gasteiger partial charge in [0.15, 0.2) is 0 Å². The Morgan fingerprint density at radius 3 is 2.33 bits per heavy atom. The number of nitrogens with one attached hydrogen (secondary N) is 1. The van der Waals surface area contributed by atoms with Crippen LogP contribution in [0.4, 0.5) is 0 Å². The summed E-state index contributed by atoms with van der Waals surface area (Å²) in [5.41, 5.74) is 2.35. The molecule has 12 heavy (non-hydrogen) atoms. The summed E-state index contributed by atoms with van der Waals surface area (Å²) in [6.45, 7) is 8.65. The van der Waals surface area contributed by atoms with Crippen molar-refractivity contribution in [3.63, 3.8) is 0 Å². The van der Waals surface area contributed by atoms with Crippen LogP contribution < -0.4 is 0 Å². The van der Waals surface area contributed by atoms with Gasteiger partial charge in [0.1, 0.15) is 0 Å². The maximum absolute atomic E-state index is 4.28. The maximum Gasteiger partial charge on any atom is 0.0778 e. The van der Waals surface area contributed by atoms with Crippen molar-refractivity contribution in [2.24, 2.45) is 0 Å². The van der Waals surface area contributed by atoms with Crippen LogP contribution in [0.15, 0.2) is 6.07 Å². The second-order valence-electron chi connectivity index (χ2n) is 3.84. The van der Waals surface area contributed by atoms with Gasteiger partial charge in [-0.3, -0.25) is 5.10 Å². The molecule has 2 nitrogen and oxygen atoms in total. The Kier molecular flexibility index (Phi) is 2.81. The Bertz CT molecular complexity index is 258. The van der Waals surface area contributed by atoms with E-state index >= 15 is 0 Å². The van der Waals surface area contributed by atoms with Gasteiger partial charge in [-0.2, -0.15) is 5.10 Å². The van der Waals surface area contributed by atoms with Crippen LogP contribution in [0.2, 0.25) is 0 Å². The summed E-state index contributed by atoms with van der Waals surface area (Å²) in [4.78, 5) is 0. The zero-order chi connectivity index (χ0) is 9.35. The molecule has 0 spiro atoms. The third-order valence-electron chi connectivity index (χ3n) is 1.83. The Morgan fingerprint density at radius 1 is 1.50 bits per heavy atom. The predicted octanol–water partition coefficient (Wildman–Crippen LogP) is 3.20. The monoisotopic (exact) mass is 278 g/mol. The third-order valence-corrected chi connectivity index (χ3v) is 2.38. The van der Waals surface area contributed by atoms with Crippen molar-refractivity contribution in [3.05, 3.63) is 17.5 Å². The highest BCUT2D eigenvalue weighted by Crippen LogP contribution is 2.30. The molecule has 0 bridgehead atoms. The normalized spacial score (nSPS) is 12.5. The van der Waals surface area contributed by atoms with Crippen LogP contribution in [-0.4, -0.2) is 10.2 Å². The average Bonchev–Trinajstić information content (AvgIpc) is 2.30. The van der Waals surface area contributed by atoms with Gasteiger partial charge in [-0.05, 0) is 25.8 Å². The molecule has 68 valence electrons. The Balaban J connectivity index is 2.92. The Labute approximate surface area is 87.3 Å². The largest absolute Gasteiger partial charge is 0.282 e. The first-order chi connectivity index (χ1) is 5.41. The zero-order valence-corrected chi connectivity index (χ0v) is 10.1. The van der Waals surface area contributed by atoms with Gasteiger partial charge in [0.05, 0.1) is 9.12 Å². The molecule has 0 fully saturated rings. The first-order valence-electron chi connectivity index (χ1n) is 4.16. The standard InChI is InChI=1S/C9H15IN2/c1-6(2)7-5-8(12-11-7)9(3,4)10/h5-6H,1-4H3,(H,11,12). The van der Waals surface area contributed by atoms with E-state index in [0.717, 1.165) is 5.69 Å². The minimum absolute atomic E-state index is 0.126. The fourth-order valence-corrected chi connectivity index (χ4v) is 1.21. The second-order valence-corrected chi connectivity index (χ2v) is 6.53. The minimum Gasteiger partial charge on any atom is -0.282 e. The van der Waals surface area contributed by atoms with Crippen molar-refractivity contribution < 1.29 is 0 Å². The quantitative estimate of drug-likeness (QED) is 0.653. The first-order valence-corrected chi connectivity index (χ1v) is 5.24. The summed E-state index contributed by atoms with van der Waals surface area (Å²) in [6.07, 6.45) is 0. The number of rotatable bonds is 2. The zero-order valence-electron chi connectivity index (χ0n) is 7.98. The van der Waals surface area contributed by atoms with E-state index in [0.29, 0.717) is 5.92 Å². The van der Waals surface area contributed by atoms with E-state index in [1.54, 1.807) is 0 Å². The molecular weight excluding hydrogens is 263 g/mol. The second kappa shape index (κ2) is 3.36. The number of hydrogen-bond donors (Lipinski definition) is 1. The van der Waals surface area contributed by atoms with Crippen molar-refractivity contribution >= 4 is 22.6 Å². The third kappa shape index (κ3) is 2.21. The number of H-pyrrole nitrogens is 1. The maximum atomic E-state index is 4.28. The summed E-state index contributed by atoms with van der Waals surface area (Å²) in [6, 6.07) is 2.15. The van der Waals surface area contributed by atoms with Crippen molar-refractivity contribution in [1.29, 1.82) is 0 Å². The van der Waals surface area contributed by atoms with Crippen LogP contribution in [0.5, 0.6) is 0 Å². The fourth-order valence-electron chi connectivity index (χ4n) is 0.937. The Hall–Kier alpha value is -0.0600. The molecule has 0 aliphatic heterocycles. The smallest absolute Gasteiger partial charge is 0.0778 e. The number of alkyl halides is 1. The van der Waals surface area contributed by atoms with Crippen LogP contribution in [0.1, 0.15) is 45.0 Å². The lowest BCUT2D eigenvalue weighted by molar-refractivity contribution is 0.770. The van der Waals surface area contributed by atoms with Crippen LogP contribution in [-0.2, 0) is 3.42 Å². The molecule has 1 aromatic rings. The fraction of sp³-hybridized carbons (Fsp3) is 0.667. The number of aromatic nitrogens is 2. The lowest BCUT2D eigenvalue weighted by Crippen LogP contribution is -2.06. The molecule has 1 aromatic heterocycles. The lowest BCUT2D eigenvalue weighted by atomic mass is 10.1. The van der Waals surface area contributed by atoms with Crippen molar-refractivity contribution in [2.45, 2.75) is 37.0 Å². The average molecular weight is 278 g/mol. The van der Waals surface area contributed by atoms with E-state index in [1.807, 2.05) is 0 Å². The van der Waals surface area contributed by atoms with Gasteiger partial charge >= 0.3 is 0 Å². The molecular formula is C9H15IN2. The van der Waals surface area contributed by atoms with E-state index in [4.69, 9.17) is 0 Å². The van der Waals surface area contributed by atoms with E-state index in [9.17, 15) is 0 Å². The summed E-state index contributed by atoms with van der Waals surface area (Å²) in [7, 11) is 0. The van der Waals surface area contributed by atoms with Gasteiger partial charge in [0.2, 0.25) is 0 Å². The van der Waals surface area contributed by atoms with Crippen LogP contribution >= 0.6 is 22.6 Å². The molecule has 1 N–H and O–H groups in total. The molecule has 1 rings (SSSR count). The summed E-state index contributed by atoms with van der Waals surface area (Å²) in [5, 5.41) is 7.33. The summed E-state index contributed by atoms with van der Waals surface area (Å²) in [5.74, 6) is 0.532. The van der Waals surface area contributed by atoms with Gasteiger partial charge in [-0.1, -0.05) is 36.4 Å². The molecule has 0 aromatic carbocycles. The van der Waals surface area contributed by atoms with E-state index in [2.05, 4.69) is 66.5 Å². The van der Waals surface area contributed by atoms with Gasteiger partial charge in [-0.15, -0.1) is 0 Å². The van der Waals surface area contributed by atoms with Gasteiger partial charge in [-0.25, -0.2) is 0 Å². The topological polar surface area (TPSA) is 28.7 Å². The molecule has 0 saturated carbocycles. The Morgan fingerprint density at radius 2 is 2.08 bits per heavy atom. The number of halogens is 1. The molecule has 0 radical (unpaired) electrons. The molecule has 1 heterocycles. The van der Waals surface area contributed by atoms with Crippen LogP contribution in [0.25, 0.3) is 0 Å². The van der Waals surface area contributed by atoms with E-state index in [-0.39, 0.29) is 3.42 Å². The summed E-state index contributed by atoms with van der Waals surface area (Å²) < 4.78 is 0.126. The number of aromatic amines is 1. The van der Waals surface area contributed by atoms with Gasteiger partial charge in [0.25, 0.3) is 0 Å². The minimum atomic E-state index is 0.126.